The molecule has 0 aromatic heterocycles. The lowest BCUT2D eigenvalue weighted by Crippen LogP contribution is -2.22. The molecule has 3 rings (SSSR count). The topological polar surface area (TPSA) is 21.7 Å². The van der Waals surface area contributed by atoms with Gasteiger partial charge in [-0.05, 0) is 24.3 Å². The van der Waals surface area contributed by atoms with E-state index in [1.807, 2.05) is 30.3 Å². The zero-order valence-corrected chi connectivity index (χ0v) is 13.1. The number of fused-ring (bicyclic) bond motifs is 2. The number of rotatable bonds is 3. The Hall–Kier alpha value is -1.62. The lowest BCUT2D eigenvalue weighted by Gasteiger charge is -2.33. The molecule has 5 heteroatoms. The van der Waals surface area contributed by atoms with Crippen molar-refractivity contribution in [2.24, 2.45) is 0 Å². The summed E-state index contributed by atoms with van der Waals surface area (Å²) in [4.78, 5) is 2.26. The van der Waals surface area contributed by atoms with Crippen LogP contribution in [0.2, 0.25) is 6.32 Å². The number of nitrogens with zero attached hydrogens (tertiary/aromatic N) is 1. The Balaban J connectivity index is 2.20. The van der Waals surface area contributed by atoms with E-state index in [1.165, 1.54) is 0 Å². The lowest BCUT2D eigenvalue weighted by atomic mass is 10.0. The van der Waals surface area contributed by atoms with Crippen molar-refractivity contribution < 1.29 is 9.47 Å². The highest BCUT2D eigenvalue weighted by Crippen LogP contribution is 2.51. The third-order valence-electron chi connectivity index (χ3n) is 3.32. The molecule has 0 saturated carbocycles. The zero-order chi connectivity index (χ0) is 14.1. The monoisotopic (exact) mass is 331 g/mol. The average Bonchev–Trinajstić information content (AvgIpc) is 2.46. The predicted octanol–water partition coefficient (Wildman–Crippen LogP) is 3.75. The fourth-order valence-corrected chi connectivity index (χ4v) is 2.93. The van der Waals surface area contributed by atoms with Gasteiger partial charge in [0, 0.05) is 11.0 Å². The van der Waals surface area contributed by atoms with E-state index in [4.69, 9.17) is 9.47 Å². The maximum atomic E-state index is 6.03. The van der Waals surface area contributed by atoms with Gasteiger partial charge in [-0.3, -0.25) is 0 Å². The molecule has 1 heterocycles. The van der Waals surface area contributed by atoms with Gasteiger partial charge >= 0.3 is 0 Å². The van der Waals surface area contributed by atoms with Crippen molar-refractivity contribution in [1.29, 1.82) is 0 Å². The van der Waals surface area contributed by atoms with Crippen LogP contribution in [-0.2, 0) is 0 Å². The maximum absolute atomic E-state index is 6.03. The van der Waals surface area contributed by atoms with Crippen molar-refractivity contribution in [2.75, 3.05) is 18.6 Å². The van der Waals surface area contributed by atoms with Crippen LogP contribution in [0.1, 0.15) is 0 Å². The second kappa shape index (κ2) is 5.41. The molecule has 20 heavy (non-hydrogen) atoms. The van der Waals surface area contributed by atoms with Gasteiger partial charge in [0.1, 0.15) is 19.3 Å². The van der Waals surface area contributed by atoms with Crippen LogP contribution < -0.4 is 14.4 Å². The van der Waals surface area contributed by atoms with Crippen LogP contribution in [-0.4, -0.2) is 21.5 Å². The highest BCUT2D eigenvalue weighted by molar-refractivity contribution is 9.10. The molecule has 0 N–H and O–H groups in total. The normalized spacial score (nSPS) is 12.4. The van der Waals surface area contributed by atoms with Gasteiger partial charge in [-0.15, -0.1) is 0 Å². The first-order chi connectivity index (χ1) is 9.74. The number of hydrogen-bond donors (Lipinski definition) is 0. The Kier molecular flexibility index (Phi) is 3.61. The summed E-state index contributed by atoms with van der Waals surface area (Å²) in [5.41, 5.74) is 2.08. The van der Waals surface area contributed by atoms with Crippen LogP contribution in [0.4, 0.5) is 11.4 Å². The van der Waals surface area contributed by atoms with Crippen molar-refractivity contribution in [1.82, 2.24) is 0 Å². The highest BCUT2D eigenvalue weighted by Gasteiger charge is 2.27. The second-order valence-electron chi connectivity index (χ2n) is 4.68. The molecule has 3 nitrogen and oxygen atoms in total. The third-order valence-corrected chi connectivity index (χ3v) is 3.78. The Morgan fingerprint density at radius 2 is 2.05 bits per heavy atom. The van der Waals surface area contributed by atoms with Gasteiger partial charge in [-0.2, -0.15) is 0 Å². The first-order valence-electron chi connectivity index (χ1n) is 6.66. The summed E-state index contributed by atoms with van der Waals surface area (Å²) in [5.74, 6) is 2.52. The van der Waals surface area contributed by atoms with Gasteiger partial charge in [0.25, 0.3) is 0 Å². The van der Waals surface area contributed by atoms with Crippen molar-refractivity contribution in [3.63, 3.8) is 0 Å². The first kappa shape index (κ1) is 13.4. The molecule has 0 radical (unpaired) electrons. The summed E-state index contributed by atoms with van der Waals surface area (Å²) in [7, 11) is 3.86. The van der Waals surface area contributed by atoms with E-state index in [2.05, 4.69) is 34.7 Å². The molecule has 0 saturated heterocycles. The van der Waals surface area contributed by atoms with E-state index >= 15 is 0 Å². The van der Waals surface area contributed by atoms with Gasteiger partial charge in [-0.25, -0.2) is 0 Å². The molecule has 0 unspecified atom stereocenters. The molecule has 0 atom stereocenters. The number of para-hydroxylation sites is 2. The molecule has 0 aliphatic carbocycles. The van der Waals surface area contributed by atoms with Crippen molar-refractivity contribution in [3.05, 3.63) is 40.9 Å². The largest absolute Gasteiger partial charge is 0.494 e. The van der Waals surface area contributed by atoms with Crippen LogP contribution in [0.15, 0.2) is 40.9 Å². The minimum Gasteiger partial charge on any atom is -0.494 e. The summed E-state index contributed by atoms with van der Waals surface area (Å²) < 4.78 is 12.5. The molecule has 1 aliphatic rings. The summed E-state index contributed by atoms with van der Waals surface area (Å²) in [6.07, 6.45) is 1.05. The molecule has 102 valence electrons. The van der Waals surface area contributed by atoms with Crippen LogP contribution in [0.3, 0.4) is 0 Å². The molecule has 0 fully saturated rings. The summed E-state index contributed by atoms with van der Waals surface area (Å²) in [5, 5.41) is 0. The van der Waals surface area contributed by atoms with Crippen molar-refractivity contribution in [3.8, 4) is 17.2 Å². The number of benzene rings is 2. The van der Waals surface area contributed by atoms with Crippen molar-refractivity contribution >= 4 is 35.2 Å². The Morgan fingerprint density at radius 3 is 2.80 bits per heavy atom. The summed E-state index contributed by atoms with van der Waals surface area (Å²) in [6, 6.07) is 12.0. The molecular weight excluding hydrogens is 317 g/mol. The molecule has 0 amide bonds. The Morgan fingerprint density at radius 1 is 1.25 bits per heavy atom. The van der Waals surface area contributed by atoms with Gasteiger partial charge in [-0.1, -0.05) is 34.4 Å². The van der Waals surface area contributed by atoms with Gasteiger partial charge in [0.05, 0.1) is 12.8 Å². The molecule has 1 aliphatic heterocycles. The van der Waals surface area contributed by atoms with Gasteiger partial charge in [0.2, 0.25) is 0 Å². The predicted molar refractivity (Wildman–Crippen MR) is 87.6 cm³/mol. The first-order valence-corrected chi connectivity index (χ1v) is 7.46. The number of hydrogen-bond acceptors (Lipinski definition) is 3. The standard InChI is InChI=1S/C15H15BBrNO2/c1-19-13-8-10(17)9-14-15(13)18(7-6-16)11-4-2-3-5-12(11)20-14/h2-5,8-9H,6-7,16H2,1H3. The smallest absolute Gasteiger partial charge is 0.156 e. The molecule has 0 bridgehead atoms. The van der Waals surface area contributed by atoms with Crippen molar-refractivity contribution in [2.45, 2.75) is 6.32 Å². The molecule has 2 aromatic rings. The number of ether oxygens (including phenoxy) is 2. The average molecular weight is 332 g/mol. The SMILES string of the molecule is BCCN1c2ccccc2Oc2cc(Br)cc(OC)c21. The summed E-state index contributed by atoms with van der Waals surface area (Å²) in [6.45, 7) is 0.922. The number of halogens is 1. The fraction of sp³-hybridized carbons (Fsp3) is 0.200. The van der Waals surface area contributed by atoms with Crippen LogP contribution in [0, 0.1) is 0 Å². The van der Waals surface area contributed by atoms with E-state index in [0.29, 0.717) is 0 Å². The maximum Gasteiger partial charge on any atom is 0.156 e. The van der Waals surface area contributed by atoms with E-state index in [1.54, 1.807) is 7.11 Å². The third kappa shape index (κ3) is 2.16. The van der Waals surface area contributed by atoms with Crippen LogP contribution in [0.25, 0.3) is 0 Å². The van der Waals surface area contributed by atoms with E-state index < -0.39 is 0 Å². The minimum atomic E-state index is 0.817. The van der Waals surface area contributed by atoms with Crippen LogP contribution in [0.5, 0.6) is 17.2 Å². The van der Waals surface area contributed by atoms with E-state index in [9.17, 15) is 0 Å². The van der Waals surface area contributed by atoms with Crippen LogP contribution >= 0.6 is 15.9 Å². The number of methoxy groups -OCH3 is 1. The van der Waals surface area contributed by atoms with E-state index in [0.717, 1.165) is 46.0 Å². The Labute approximate surface area is 128 Å². The lowest BCUT2D eigenvalue weighted by molar-refractivity contribution is 0.406. The second-order valence-corrected chi connectivity index (χ2v) is 5.59. The molecular formula is C15H15BBrNO2. The Bertz CT molecular complexity index is 648. The molecule has 2 aromatic carbocycles. The molecule has 0 spiro atoms. The fourth-order valence-electron chi connectivity index (χ4n) is 2.51. The van der Waals surface area contributed by atoms with E-state index in [-0.39, 0.29) is 0 Å². The quantitative estimate of drug-likeness (QED) is 0.799. The summed E-state index contributed by atoms with van der Waals surface area (Å²) >= 11 is 3.50. The minimum absolute atomic E-state index is 0.817. The zero-order valence-electron chi connectivity index (χ0n) is 11.5. The van der Waals surface area contributed by atoms with Gasteiger partial charge in [0.15, 0.2) is 11.5 Å². The highest BCUT2D eigenvalue weighted by atomic mass is 79.9. The number of anilines is 2. The van der Waals surface area contributed by atoms with Gasteiger partial charge < -0.3 is 14.4 Å².